The third-order valence-corrected chi connectivity index (χ3v) is 3.87. The molecule has 1 aromatic heterocycles. The van der Waals surface area contributed by atoms with Gasteiger partial charge in [0.1, 0.15) is 0 Å². The Labute approximate surface area is 96.1 Å². The zero-order valence-corrected chi connectivity index (χ0v) is 9.88. The molecular weight excluding hydrogens is 196 g/mol. The number of benzene rings is 1. The summed E-state index contributed by atoms with van der Waals surface area (Å²) < 4.78 is 0. The first-order valence-corrected chi connectivity index (χ1v) is 5.95. The highest BCUT2D eigenvalue weighted by Gasteiger charge is 2.36. The molecule has 0 radical (unpaired) electrons. The lowest BCUT2D eigenvalue weighted by Gasteiger charge is -2.25. The number of fused-ring (bicyclic) bond motifs is 1. The summed E-state index contributed by atoms with van der Waals surface area (Å²) in [5, 5.41) is 4.88. The second-order valence-electron chi connectivity index (χ2n) is 5.46. The van der Waals surface area contributed by atoms with Crippen molar-refractivity contribution in [3.05, 3.63) is 36.0 Å². The van der Waals surface area contributed by atoms with E-state index in [2.05, 4.69) is 54.6 Å². The Balaban J connectivity index is 2.12. The van der Waals surface area contributed by atoms with Crippen LogP contribution < -0.4 is 5.32 Å². The molecule has 1 atom stereocenters. The molecule has 2 aromatic rings. The van der Waals surface area contributed by atoms with Gasteiger partial charge in [-0.05, 0) is 17.0 Å². The molecule has 1 saturated heterocycles. The van der Waals surface area contributed by atoms with Crippen LogP contribution in [-0.4, -0.2) is 18.1 Å². The van der Waals surface area contributed by atoms with Crippen LogP contribution in [0.25, 0.3) is 10.9 Å². The molecule has 0 amide bonds. The zero-order valence-electron chi connectivity index (χ0n) is 9.88. The SMILES string of the molecule is CC1(C)CNCC1c1c[nH]c2ccccc12. The van der Waals surface area contributed by atoms with Crippen molar-refractivity contribution < 1.29 is 0 Å². The monoisotopic (exact) mass is 214 g/mol. The Morgan fingerprint density at radius 2 is 2.06 bits per heavy atom. The van der Waals surface area contributed by atoms with Gasteiger partial charge in [-0.1, -0.05) is 32.0 Å². The predicted molar refractivity (Wildman–Crippen MR) is 67.7 cm³/mol. The van der Waals surface area contributed by atoms with Crippen molar-refractivity contribution >= 4 is 10.9 Å². The standard InChI is InChI=1S/C14H18N2/c1-14(2)9-15-8-12(14)11-7-16-13-6-4-3-5-10(11)13/h3-7,12,15-16H,8-9H2,1-2H3. The highest BCUT2D eigenvalue weighted by molar-refractivity contribution is 5.83. The lowest BCUT2D eigenvalue weighted by atomic mass is 9.78. The van der Waals surface area contributed by atoms with Crippen LogP contribution in [-0.2, 0) is 0 Å². The molecule has 0 aliphatic carbocycles. The van der Waals surface area contributed by atoms with Gasteiger partial charge in [0.25, 0.3) is 0 Å². The third-order valence-electron chi connectivity index (χ3n) is 3.87. The van der Waals surface area contributed by atoms with Crippen LogP contribution in [0.1, 0.15) is 25.3 Å². The average molecular weight is 214 g/mol. The number of rotatable bonds is 1. The Kier molecular flexibility index (Phi) is 2.08. The van der Waals surface area contributed by atoms with Gasteiger partial charge in [-0.15, -0.1) is 0 Å². The molecule has 1 aliphatic rings. The highest BCUT2D eigenvalue weighted by Crippen LogP contribution is 2.40. The highest BCUT2D eigenvalue weighted by atomic mass is 14.9. The average Bonchev–Trinajstić information content (AvgIpc) is 2.81. The molecule has 2 N–H and O–H groups in total. The predicted octanol–water partition coefficient (Wildman–Crippen LogP) is 2.88. The number of nitrogens with one attached hydrogen (secondary N) is 2. The molecule has 2 heteroatoms. The molecule has 0 saturated carbocycles. The van der Waals surface area contributed by atoms with E-state index in [0.717, 1.165) is 13.1 Å². The molecule has 2 heterocycles. The lowest BCUT2D eigenvalue weighted by molar-refractivity contribution is 0.364. The Bertz CT molecular complexity index is 510. The summed E-state index contributed by atoms with van der Waals surface area (Å²) in [5.74, 6) is 0.614. The summed E-state index contributed by atoms with van der Waals surface area (Å²) in [5.41, 5.74) is 3.07. The fourth-order valence-corrected chi connectivity index (χ4v) is 2.85. The fourth-order valence-electron chi connectivity index (χ4n) is 2.85. The van der Waals surface area contributed by atoms with Gasteiger partial charge in [0.05, 0.1) is 0 Å². The van der Waals surface area contributed by atoms with Crippen molar-refractivity contribution in [1.82, 2.24) is 10.3 Å². The minimum atomic E-state index is 0.352. The fraction of sp³-hybridized carbons (Fsp3) is 0.429. The quantitative estimate of drug-likeness (QED) is 0.750. The molecule has 1 aliphatic heterocycles. The first-order chi connectivity index (χ1) is 7.68. The Morgan fingerprint density at radius 1 is 1.25 bits per heavy atom. The van der Waals surface area contributed by atoms with Crippen molar-refractivity contribution in [2.45, 2.75) is 19.8 Å². The smallest absolute Gasteiger partial charge is 0.0456 e. The van der Waals surface area contributed by atoms with Gasteiger partial charge in [-0.3, -0.25) is 0 Å². The van der Waals surface area contributed by atoms with Gasteiger partial charge in [0.2, 0.25) is 0 Å². The van der Waals surface area contributed by atoms with E-state index in [-0.39, 0.29) is 0 Å². The van der Waals surface area contributed by atoms with E-state index in [0.29, 0.717) is 11.3 Å². The van der Waals surface area contributed by atoms with E-state index in [1.807, 2.05) is 0 Å². The van der Waals surface area contributed by atoms with Gasteiger partial charge in [0, 0.05) is 36.1 Å². The zero-order chi connectivity index (χ0) is 11.2. The summed E-state index contributed by atoms with van der Waals surface area (Å²) in [6, 6.07) is 8.57. The molecule has 84 valence electrons. The Morgan fingerprint density at radius 3 is 2.81 bits per heavy atom. The van der Waals surface area contributed by atoms with Gasteiger partial charge in [0.15, 0.2) is 0 Å². The number of aromatic nitrogens is 1. The summed E-state index contributed by atoms with van der Waals surface area (Å²) in [6.07, 6.45) is 2.18. The van der Waals surface area contributed by atoms with Crippen molar-refractivity contribution in [2.24, 2.45) is 5.41 Å². The molecule has 1 aromatic carbocycles. The first-order valence-electron chi connectivity index (χ1n) is 5.95. The molecule has 2 nitrogen and oxygen atoms in total. The largest absolute Gasteiger partial charge is 0.361 e. The number of aromatic amines is 1. The molecular formula is C14H18N2. The maximum absolute atomic E-state index is 3.50. The molecule has 3 rings (SSSR count). The minimum Gasteiger partial charge on any atom is -0.361 e. The van der Waals surface area contributed by atoms with Crippen LogP contribution >= 0.6 is 0 Å². The van der Waals surface area contributed by atoms with E-state index in [1.54, 1.807) is 0 Å². The van der Waals surface area contributed by atoms with E-state index in [9.17, 15) is 0 Å². The maximum atomic E-state index is 3.50. The lowest BCUT2D eigenvalue weighted by Crippen LogP contribution is -2.20. The van der Waals surface area contributed by atoms with Crippen molar-refractivity contribution in [3.8, 4) is 0 Å². The first kappa shape index (κ1) is 9.91. The third kappa shape index (κ3) is 1.37. The van der Waals surface area contributed by atoms with Crippen molar-refractivity contribution in [2.75, 3.05) is 13.1 Å². The van der Waals surface area contributed by atoms with Crippen LogP contribution in [0.3, 0.4) is 0 Å². The second-order valence-corrected chi connectivity index (χ2v) is 5.46. The van der Waals surface area contributed by atoms with Crippen molar-refractivity contribution in [3.63, 3.8) is 0 Å². The van der Waals surface area contributed by atoms with E-state index >= 15 is 0 Å². The van der Waals surface area contributed by atoms with Gasteiger partial charge >= 0.3 is 0 Å². The number of para-hydroxylation sites is 1. The molecule has 1 fully saturated rings. The molecule has 16 heavy (non-hydrogen) atoms. The number of hydrogen-bond donors (Lipinski definition) is 2. The van der Waals surface area contributed by atoms with Gasteiger partial charge in [-0.2, -0.15) is 0 Å². The van der Waals surface area contributed by atoms with Crippen LogP contribution in [0, 0.1) is 5.41 Å². The summed E-state index contributed by atoms with van der Waals surface area (Å²) in [7, 11) is 0. The van der Waals surface area contributed by atoms with Crippen LogP contribution in [0.15, 0.2) is 30.5 Å². The maximum Gasteiger partial charge on any atom is 0.0456 e. The second kappa shape index (κ2) is 3.36. The summed E-state index contributed by atoms with van der Waals surface area (Å²) in [4.78, 5) is 3.38. The normalized spacial score (nSPS) is 24.0. The Hall–Kier alpha value is -1.28. The van der Waals surface area contributed by atoms with Gasteiger partial charge < -0.3 is 10.3 Å². The van der Waals surface area contributed by atoms with E-state index in [4.69, 9.17) is 0 Å². The van der Waals surface area contributed by atoms with E-state index in [1.165, 1.54) is 16.5 Å². The van der Waals surface area contributed by atoms with Crippen LogP contribution in [0.5, 0.6) is 0 Å². The van der Waals surface area contributed by atoms with E-state index < -0.39 is 0 Å². The number of H-pyrrole nitrogens is 1. The van der Waals surface area contributed by atoms with Gasteiger partial charge in [-0.25, -0.2) is 0 Å². The molecule has 0 spiro atoms. The summed E-state index contributed by atoms with van der Waals surface area (Å²) in [6.45, 7) is 6.89. The summed E-state index contributed by atoms with van der Waals surface area (Å²) >= 11 is 0. The molecule has 0 bridgehead atoms. The van der Waals surface area contributed by atoms with Crippen LogP contribution in [0.4, 0.5) is 0 Å². The number of hydrogen-bond acceptors (Lipinski definition) is 1. The van der Waals surface area contributed by atoms with Crippen molar-refractivity contribution in [1.29, 1.82) is 0 Å². The topological polar surface area (TPSA) is 27.8 Å². The molecule has 1 unspecified atom stereocenters. The minimum absolute atomic E-state index is 0.352. The van der Waals surface area contributed by atoms with Crippen LogP contribution in [0.2, 0.25) is 0 Å².